The Balaban J connectivity index is 2.72. The van der Waals surface area contributed by atoms with Crippen molar-refractivity contribution in [3.8, 4) is 0 Å². The predicted octanol–water partition coefficient (Wildman–Crippen LogP) is 2.10. The van der Waals surface area contributed by atoms with Crippen molar-refractivity contribution in [1.29, 1.82) is 0 Å². The van der Waals surface area contributed by atoms with E-state index >= 15 is 0 Å². The van der Waals surface area contributed by atoms with E-state index in [0.29, 0.717) is 16.2 Å². The van der Waals surface area contributed by atoms with Gasteiger partial charge in [-0.25, -0.2) is 4.79 Å². The van der Waals surface area contributed by atoms with Gasteiger partial charge in [0.15, 0.2) is 0 Å². The first-order valence-electron chi connectivity index (χ1n) is 3.89. The molecule has 0 bridgehead atoms. The Morgan fingerprint density at radius 3 is 2.79 bits per heavy atom. The first-order valence-corrected chi connectivity index (χ1v) is 4.27. The smallest absolute Gasteiger partial charge is 0.352 e. The Hall–Kier alpha value is -1.68. The number of aromatic nitrogens is 1. The second-order valence-electron chi connectivity index (χ2n) is 2.95. The molecule has 14 heavy (non-hydrogen) atoms. The summed E-state index contributed by atoms with van der Waals surface area (Å²) in [6.07, 6.45) is 0. The van der Waals surface area contributed by atoms with Crippen molar-refractivity contribution in [2.45, 2.75) is 0 Å². The molecule has 0 fully saturated rings. The zero-order valence-corrected chi connectivity index (χ0v) is 7.80. The standard InChI is InChI=1S/C9H7ClN2O2/c10-5-1-4-2-8(9(13)14)12-7(4)3-6(5)11/h1-3,12H,11H2,(H,13,14). The predicted molar refractivity (Wildman–Crippen MR) is 54.7 cm³/mol. The summed E-state index contributed by atoms with van der Waals surface area (Å²) in [4.78, 5) is 13.4. The number of benzene rings is 1. The first-order chi connectivity index (χ1) is 6.58. The fourth-order valence-corrected chi connectivity index (χ4v) is 1.46. The van der Waals surface area contributed by atoms with Crippen molar-refractivity contribution in [3.63, 3.8) is 0 Å². The third kappa shape index (κ3) is 1.29. The highest BCUT2D eigenvalue weighted by molar-refractivity contribution is 6.33. The molecule has 1 aromatic heterocycles. The molecule has 1 aromatic carbocycles. The Morgan fingerprint density at radius 2 is 2.14 bits per heavy atom. The Bertz CT molecular complexity index is 480. The van der Waals surface area contributed by atoms with E-state index in [1.807, 2.05) is 0 Å². The molecule has 0 spiro atoms. The molecule has 5 heteroatoms. The van der Waals surface area contributed by atoms with Crippen LogP contribution in [-0.4, -0.2) is 16.1 Å². The van der Waals surface area contributed by atoms with Gasteiger partial charge < -0.3 is 15.8 Å². The van der Waals surface area contributed by atoms with E-state index in [9.17, 15) is 4.79 Å². The third-order valence-corrected chi connectivity index (χ3v) is 2.30. The number of nitrogen functional groups attached to an aromatic ring is 1. The number of nitrogens with one attached hydrogen (secondary N) is 1. The van der Waals surface area contributed by atoms with Gasteiger partial charge in [-0.2, -0.15) is 0 Å². The maximum absolute atomic E-state index is 10.6. The summed E-state index contributed by atoms with van der Waals surface area (Å²) in [7, 11) is 0. The number of hydrogen-bond donors (Lipinski definition) is 3. The molecule has 0 aliphatic heterocycles. The first kappa shape index (κ1) is 8.90. The Kier molecular flexibility index (Phi) is 1.86. The number of nitrogens with two attached hydrogens (primary N) is 1. The lowest BCUT2D eigenvalue weighted by molar-refractivity contribution is 0.0691. The highest BCUT2D eigenvalue weighted by Gasteiger charge is 2.08. The van der Waals surface area contributed by atoms with E-state index in [2.05, 4.69) is 4.98 Å². The van der Waals surface area contributed by atoms with Gasteiger partial charge in [-0.1, -0.05) is 11.6 Å². The fraction of sp³-hybridized carbons (Fsp3) is 0. The Morgan fingerprint density at radius 1 is 1.43 bits per heavy atom. The number of rotatable bonds is 1. The number of fused-ring (bicyclic) bond motifs is 1. The number of H-pyrrole nitrogens is 1. The number of hydrogen-bond acceptors (Lipinski definition) is 2. The lowest BCUT2D eigenvalue weighted by atomic mass is 10.2. The second-order valence-corrected chi connectivity index (χ2v) is 3.36. The number of carboxylic acids is 1. The van der Waals surface area contributed by atoms with Gasteiger partial charge in [-0.3, -0.25) is 0 Å². The highest BCUT2D eigenvalue weighted by atomic mass is 35.5. The molecule has 4 N–H and O–H groups in total. The summed E-state index contributed by atoms with van der Waals surface area (Å²) in [6.45, 7) is 0. The normalized spacial score (nSPS) is 10.6. The molecule has 2 aromatic rings. The molecule has 0 atom stereocenters. The van der Waals surface area contributed by atoms with Gasteiger partial charge in [0, 0.05) is 10.9 Å². The summed E-state index contributed by atoms with van der Waals surface area (Å²) in [5.74, 6) is -1.00. The van der Waals surface area contributed by atoms with E-state index < -0.39 is 5.97 Å². The number of aromatic carboxylic acids is 1. The van der Waals surface area contributed by atoms with Crippen LogP contribution in [0.1, 0.15) is 10.5 Å². The topological polar surface area (TPSA) is 79.1 Å². The minimum absolute atomic E-state index is 0.127. The lowest BCUT2D eigenvalue weighted by Crippen LogP contribution is -1.94. The zero-order chi connectivity index (χ0) is 10.3. The molecule has 4 nitrogen and oxygen atoms in total. The molecular weight excluding hydrogens is 204 g/mol. The number of anilines is 1. The molecule has 1 heterocycles. The van der Waals surface area contributed by atoms with Crippen LogP contribution in [0, 0.1) is 0 Å². The van der Waals surface area contributed by atoms with Crippen LogP contribution in [0.5, 0.6) is 0 Å². The van der Waals surface area contributed by atoms with Crippen LogP contribution in [0.2, 0.25) is 5.02 Å². The molecule has 72 valence electrons. The maximum Gasteiger partial charge on any atom is 0.352 e. The van der Waals surface area contributed by atoms with Crippen molar-refractivity contribution in [2.24, 2.45) is 0 Å². The lowest BCUT2D eigenvalue weighted by Gasteiger charge is -1.96. The van der Waals surface area contributed by atoms with E-state index in [0.717, 1.165) is 5.39 Å². The molecule has 0 saturated heterocycles. The number of halogens is 1. The van der Waals surface area contributed by atoms with Crippen LogP contribution in [-0.2, 0) is 0 Å². The largest absolute Gasteiger partial charge is 0.477 e. The summed E-state index contributed by atoms with van der Waals surface area (Å²) in [5, 5.41) is 9.89. The van der Waals surface area contributed by atoms with Gasteiger partial charge in [-0.05, 0) is 18.2 Å². The quantitative estimate of drug-likeness (QED) is 0.631. The van der Waals surface area contributed by atoms with Crippen molar-refractivity contribution >= 4 is 34.2 Å². The molecule has 2 rings (SSSR count). The summed E-state index contributed by atoms with van der Waals surface area (Å²) in [5.41, 5.74) is 6.80. The van der Waals surface area contributed by atoms with Crippen LogP contribution in [0.4, 0.5) is 5.69 Å². The van der Waals surface area contributed by atoms with Gasteiger partial charge in [0.2, 0.25) is 0 Å². The van der Waals surface area contributed by atoms with Crippen molar-refractivity contribution < 1.29 is 9.90 Å². The number of aromatic amines is 1. The van der Waals surface area contributed by atoms with E-state index in [1.54, 1.807) is 12.1 Å². The molecular formula is C9H7ClN2O2. The zero-order valence-electron chi connectivity index (χ0n) is 7.04. The molecule has 0 amide bonds. The fourth-order valence-electron chi connectivity index (χ4n) is 1.28. The molecule has 0 radical (unpaired) electrons. The van der Waals surface area contributed by atoms with Crippen molar-refractivity contribution in [2.75, 3.05) is 5.73 Å². The van der Waals surface area contributed by atoms with Gasteiger partial charge in [0.05, 0.1) is 10.7 Å². The molecule has 0 aliphatic carbocycles. The monoisotopic (exact) mass is 210 g/mol. The number of carbonyl (C=O) groups is 1. The van der Waals surface area contributed by atoms with Gasteiger partial charge in [0.1, 0.15) is 5.69 Å². The van der Waals surface area contributed by atoms with E-state index in [-0.39, 0.29) is 5.69 Å². The maximum atomic E-state index is 10.6. The van der Waals surface area contributed by atoms with Crippen LogP contribution in [0.25, 0.3) is 10.9 Å². The SMILES string of the molecule is Nc1cc2[nH]c(C(=O)O)cc2cc1Cl. The Labute approximate surface area is 84.3 Å². The average molecular weight is 211 g/mol. The van der Waals surface area contributed by atoms with Crippen LogP contribution in [0.15, 0.2) is 18.2 Å². The summed E-state index contributed by atoms with van der Waals surface area (Å²) in [6, 6.07) is 4.77. The summed E-state index contributed by atoms with van der Waals surface area (Å²) < 4.78 is 0. The van der Waals surface area contributed by atoms with E-state index in [4.69, 9.17) is 22.4 Å². The van der Waals surface area contributed by atoms with Crippen LogP contribution >= 0.6 is 11.6 Å². The minimum Gasteiger partial charge on any atom is -0.477 e. The van der Waals surface area contributed by atoms with Crippen molar-refractivity contribution in [1.82, 2.24) is 4.98 Å². The molecule has 0 unspecified atom stereocenters. The minimum atomic E-state index is -1.00. The van der Waals surface area contributed by atoms with Gasteiger partial charge >= 0.3 is 5.97 Å². The molecule has 0 aliphatic rings. The van der Waals surface area contributed by atoms with Crippen LogP contribution < -0.4 is 5.73 Å². The second kappa shape index (κ2) is 2.92. The van der Waals surface area contributed by atoms with Crippen molar-refractivity contribution in [3.05, 3.63) is 28.9 Å². The van der Waals surface area contributed by atoms with Gasteiger partial charge in [-0.15, -0.1) is 0 Å². The summed E-state index contributed by atoms with van der Waals surface area (Å²) >= 11 is 5.79. The molecule has 0 saturated carbocycles. The average Bonchev–Trinajstić information content (AvgIpc) is 2.48. The highest BCUT2D eigenvalue weighted by Crippen LogP contribution is 2.26. The third-order valence-electron chi connectivity index (χ3n) is 1.97. The van der Waals surface area contributed by atoms with E-state index in [1.165, 1.54) is 6.07 Å². The number of carboxylic acid groups (broad SMARTS) is 1. The van der Waals surface area contributed by atoms with Crippen LogP contribution in [0.3, 0.4) is 0 Å². The van der Waals surface area contributed by atoms with Gasteiger partial charge in [0.25, 0.3) is 0 Å².